The maximum absolute atomic E-state index is 13.3. The molecular formula is C29H29NO4. The van der Waals surface area contributed by atoms with Gasteiger partial charge in [-0.2, -0.15) is 0 Å². The van der Waals surface area contributed by atoms with Gasteiger partial charge in [0.15, 0.2) is 12.4 Å². The molecule has 0 unspecified atom stereocenters. The molecule has 1 heterocycles. The molecule has 0 aliphatic heterocycles. The lowest BCUT2D eigenvalue weighted by Crippen LogP contribution is -2.29. The van der Waals surface area contributed by atoms with Crippen molar-refractivity contribution in [3.05, 3.63) is 99.7 Å². The van der Waals surface area contributed by atoms with E-state index in [0.717, 1.165) is 16.7 Å². The molecule has 3 aromatic carbocycles. The second-order valence-corrected chi connectivity index (χ2v) is 9.47. The van der Waals surface area contributed by atoms with Gasteiger partial charge in [-0.1, -0.05) is 81.4 Å². The van der Waals surface area contributed by atoms with E-state index in [1.165, 1.54) is 0 Å². The molecule has 1 amide bonds. The van der Waals surface area contributed by atoms with Crippen molar-refractivity contribution >= 4 is 16.9 Å². The van der Waals surface area contributed by atoms with Crippen molar-refractivity contribution in [1.29, 1.82) is 0 Å². The SMILES string of the molecule is Cc1ccc2c(=O)c(OCC(=O)NCc3ccccc3)c(-c3ccc(C(C)(C)C)cc3)oc2c1. The molecule has 1 aromatic heterocycles. The number of amides is 1. The average molecular weight is 456 g/mol. The van der Waals surface area contributed by atoms with Gasteiger partial charge in [-0.3, -0.25) is 9.59 Å². The Bertz CT molecular complexity index is 1360. The minimum absolute atomic E-state index is 0.00393. The monoisotopic (exact) mass is 455 g/mol. The first kappa shape index (κ1) is 23.3. The highest BCUT2D eigenvalue weighted by Gasteiger charge is 2.20. The zero-order valence-corrected chi connectivity index (χ0v) is 20.0. The summed E-state index contributed by atoms with van der Waals surface area (Å²) in [6.45, 7) is 8.47. The summed E-state index contributed by atoms with van der Waals surface area (Å²) in [6, 6.07) is 22.9. The molecule has 4 aromatic rings. The Morgan fingerprint density at radius 2 is 1.68 bits per heavy atom. The maximum atomic E-state index is 13.3. The molecule has 0 fully saturated rings. The predicted molar refractivity (Wildman–Crippen MR) is 135 cm³/mol. The molecule has 0 spiro atoms. The number of rotatable bonds is 6. The lowest BCUT2D eigenvalue weighted by atomic mass is 9.86. The van der Waals surface area contributed by atoms with Gasteiger partial charge in [-0.25, -0.2) is 0 Å². The quantitative estimate of drug-likeness (QED) is 0.401. The van der Waals surface area contributed by atoms with Crippen LogP contribution in [-0.4, -0.2) is 12.5 Å². The van der Waals surface area contributed by atoms with Gasteiger partial charge < -0.3 is 14.5 Å². The van der Waals surface area contributed by atoms with Crippen LogP contribution in [0.2, 0.25) is 0 Å². The van der Waals surface area contributed by atoms with E-state index in [0.29, 0.717) is 28.8 Å². The molecule has 0 saturated heterocycles. The first-order chi connectivity index (χ1) is 16.2. The first-order valence-corrected chi connectivity index (χ1v) is 11.3. The molecule has 0 aliphatic carbocycles. The summed E-state index contributed by atoms with van der Waals surface area (Å²) in [5.41, 5.74) is 4.03. The fourth-order valence-electron chi connectivity index (χ4n) is 3.71. The molecule has 0 radical (unpaired) electrons. The van der Waals surface area contributed by atoms with E-state index in [1.54, 1.807) is 6.07 Å². The fourth-order valence-corrected chi connectivity index (χ4v) is 3.71. The van der Waals surface area contributed by atoms with Crippen LogP contribution in [0.3, 0.4) is 0 Å². The largest absolute Gasteiger partial charge is 0.476 e. The van der Waals surface area contributed by atoms with Crippen molar-refractivity contribution in [2.45, 2.75) is 39.7 Å². The molecule has 0 aliphatic rings. The van der Waals surface area contributed by atoms with E-state index in [4.69, 9.17) is 9.15 Å². The van der Waals surface area contributed by atoms with Crippen molar-refractivity contribution in [2.24, 2.45) is 0 Å². The highest BCUT2D eigenvalue weighted by atomic mass is 16.5. The molecule has 174 valence electrons. The summed E-state index contributed by atoms with van der Waals surface area (Å²) in [7, 11) is 0. The van der Waals surface area contributed by atoms with Crippen LogP contribution < -0.4 is 15.5 Å². The van der Waals surface area contributed by atoms with Crippen molar-refractivity contribution in [3.8, 4) is 17.1 Å². The van der Waals surface area contributed by atoms with E-state index in [2.05, 4.69) is 26.1 Å². The molecule has 0 bridgehead atoms. The van der Waals surface area contributed by atoms with Crippen LogP contribution in [0.15, 0.2) is 82.0 Å². The summed E-state index contributed by atoms with van der Waals surface area (Å²) in [5, 5.41) is 3.24. The van der Waals surface area contributed by atoms with Crippen LogP contribution in [0.1, 0.15) is 37.5 Å². The Morgan fingerprint density at radius 3 is 2.35 bits per heavy atom. The normalized spacial score (nSPS) is 11.4. The van der Waals surface area contributed by atoms with Gasteiger partial charge >= 0.3 is 0 Å². The van der Waals surface area contributed by atoms with Crippen LogP contribution in [0.5, 0.6) is 5.75 Å². The summed E-state index contributed by atoms with van der Waals surface area (Å²) in [6.07, 6.45) is 0. The zero-order chi connectivity index (χ0) is 24.3. The Labute approximate surface area is 199 Å². The molecule has 5 nitrogen and oxygen atoms in total. The third kappa shape index (κ3) is 5.20. The number of benzene rings is 3. The second kappa shape index (κ2) is 9.56. The Morgan fingerprint density at radius 1 is 0.971 bits per heavy atom. The molecule has 34 heavy (non-hydrogen) atoms. The molecule has 5 heteroatoms. The molecular weight excluding hydrogens is 426 g/mol. The number of ether oxygens (including phenoxy) is 1. The van der Waals surface area contributed by atoms with Crippen LogP contribution in [-0.2, 0) is 16.8 Å². The lowest BCUT2D eigenvalue weighted by Gasteiger charge is -2.19. The summed E-state index contributed by atoms with van der Waals surface area (Å²) in [5.74, 6) is 0.0374. The number of carbonyl (C=O) groups excluding carboxylic acids is 1. The Kier molecular flexibility index (Phi) is 6.55. The molecule has 0 saturated carbocycles. The highest BCUT2D eigenvalue weighted by Crippen LogP contribution is 2.33. The third-order valence-corrected chi connectivity index (χ3v) is 5.70. The van der Waals surface area contributed by atoms with Gasteiger partial charge in [0.2, 0.25) is 11.2 Å². The van der Waals surface area contributed by atoms with E-state index in [1.807, 2.05) is 73.7 Å². The third-order valence-electron chi connectivity index (χ3n) is 5.70. The predicted octanol–water partition coefficient (Wildman–Crippen LogP) is 5.76. The fraction of sp³-hybridized carbons (Fsp3) is 0.241. The van der Waals surface area contributed by atoms with Gasteiger partial charge in [0.1, 0.15) is 5.58 Å². The van der Waals surface area contributed by atoms with Gasteiger partial charge in [0, 0.05) is 12.1 Å². The Hall–Kier alpha value is -3.86. The maximum Gasteiger partial charge on any atom is 0.258 e. The number of aryl methyl sites for hydroxylation is 1. The molecule has 4 rings (SSSR count). The minimum Gasteiger partial charge on any atom is -0.476 e. The summed E-state index contributed by atoms with van der Waals surface area (Å²) < 4.78 is 12.0. The average Bonchev–Trinajstić information content (AvgIpc) is 2.82. The number of fused-ring (bicyclic) bond motifs is 1. The van der Waals surface area contributed by atoms with Crippen molar-refractivity contribution in [3.63, 3.8) is 0 Å². The van der Waals surface area contributed by atoms with E-state index < -0.39 is 0 Å². The second-order valence-electron chi connectivity index (χ2n) is 9.47. The lowest BCUT2D eigenvalue weighted by molar-refractivity contribution is -0.123. The van der Waals surface area contributed by atoms with E-state index in [-0.39, 0.29) is 29.1 Å². The minimum atomic E-state index is -0.318. The van der Waals surface area contributed by atoms with Crippen molar-refractivity contribution in [2.75, 3.05) is 6.61 Å². The van der Waals surface area contributed by atoms with Gasteiger partial charge in [-0.15, -0.1) is 0 Å². The topological polar surface area (TPSA) is 68.5 Å². The van der Waals surface area contributed by atoms with E-state index in [9.17, 15) is 9.59 Å². The number of nitrogens with one attached hydrogen (secondary N) is 1. The van der Waals surface area contributed by atoms with Crippen LogP contribution in [0, 0.1) is 6.92 Å². The van der Waals surface area contributed by atoms with E-state index >= 15 is 0 Å². The van der Waals surface area contributed by atoms with Crippen molar-refractivity contribution in [1.82, 2.24) is 5.32 Å². The number of hydrogen-bond acceptors (Lipinski definition) is 4. The highest BCUT2D eigenvalue weighted by molar-refractivity contribution is 5.83. The van der Waals surface area contributed by atoms with Crippen LogP contribution in [0.4, 0.5) is 0 Å². The first-order valence-electron chi connectivity index (χ1n) is 11.3. The molecule has 0 atom stereocenters. The number of carbonyl (C=O) groups is 1. The Balaban J connectivity index is 1.65. The molecule has 1 N–H and O–H groups in total. The summed E-state index contributed by atoms with van der Waals surface area (Å²) >= 11 is 0. The van der Waals surface area contributed by atoms with Crippen molar-refractivity contribution < 1.29 is 13.9 Å². The van der Waals surface area contributed by atoms with Gasteiger partial charge in [0.05, 0.1) is 5.39 Å². The smallest absolute Gasteiger partial charge is 0.258 e. The van der Waals surface area contributed by atoms with Crippen LogP contribution >= 0.6 is 0 Å². The standard InChI is InChI=1S/C29H29NO4/c1-19-10-15-23-24(16-19)34-27(21-11-13-22(14-12-21)29(2,3)4)28(26(23)32)33-18-25(31)30-17-20-8-6-5-7-9-20/h5-16H,17-18H2,1-4H3,(H,30,31). The van der Waals surface area contributed by atoms with Gasteiger partial charge in [-0.05, 0) is 41.2 Å². The van der Waals surface area contributed by atoms with Gasteiger partial charge in [0.25, 0.3) is 5.91 Å². The zero-order valence-electron chi connectivity index (χ0n) is 20.0. The number of hydrogen-bond donors (Lipinski definition) is 1. The summed E-state index contributed by atoms with van der Waals surface area (Å²) in [4.78, 5) is 25.8. The van der Waals surface area contributed by atoms with Crippen LogP contribution in [0.25, 0.3) is 22.3 Å².